The summed E-state index contributed by atoms with van der Waals surface area (Å²) in [5.41, 5.74) is 2.17. The molecule has 0 aliphatic rings. The van der Waals surface area contributed by atoms with E-state index in [9.17, 15) is 5.11 Å². The SMILES string of the molecule is CCc1ccc([C@H](O)CCl)cc1. The number of hydrogen-bond donors (Lipinski definition) is 1. The van der Waals surface area contributed by atoms with Gasteiger partial charge >= 0.3 is 0 Å². The van der Waals surface area contributed by atoms with Crippen molar-refractivity contribution in [2.24, 2.45) is 0 Å². The van der Waals surface area contributed by atoms with Crippen molar-refractivity contribution in [1.29, 1.82) is 0 Å². The third-order valence-electron chi connectivity index (χ3n) is 1.92. The summed E-state index contributed by atoms with van der Waals surface area (Å²) < 4.78 is 0. The van der Waals surface area contributed by atoms with Gasteiger partial charge in [0.25, 0.3) is 0 Å². The molecule has 0 bridgehead atoms. The van der Waals surface area contributed by atoms with Gasteiger partial charge in [-0.2, -0.15) is 0 Å². The van der Waals surface area contributed by atoms with Crippen molar-refractivity contribution in [3.63, 3.8) is 0 Å². The zero-order valence-electron chi connectivity index (χ0n) is 7.13. The molecular formula is C10H13ClO. The standard InChI is InChI=1S/C10H13ClO/c1-2-8-3-5-9(6-4-8)10(12)7-11/h3-6,10,12H,2,7H2,1H3/t10-/m1/s1. The Morgan fingerprint density at radius 3 is 2.33 bits per heavy atom. The van der Waals surface area contributed by atoms with Gasteiger partial charge in [-0.25, -0.2) is 0 Å². The molecule has 1 rings (SSSR count). The highest BCUT2D eigenvalue weighted by Crippen LogP contribution is 2.14. The van der Waals surface area contributed by atoms with Gasteiger partial charge in [0, 0.05) is 0 Å². The minimum absolute atomic E-state index is 0.255. The fraction of sp³-hybridized carbons (Fsp3) is 0.400. The molecule has 0 spiro atoms. The molecule has 1 nitrogen and oxygen atoms in total. The van der Waals surface area contributed by atoms with E-state index in [1.807, 2.05) is 24.3 Å². The Balaban J connectivity index is 2.77. The maximum atomic E-state index is 9.36. The normalized spacial score (nSPS) is 12.9. The molecule has 0 saturated heterocycles. The zero-order valence-corrected chi connectivity index (χ0v) is 7.88. The van der Waals surface area contributed by atoms with Crippen molar-refractivity contribution in [3.05, 3.63) is 35.4 Å². The summed E-state index contributed by atoms with van der Waals surface area (Å²) in [4.78, 5) is 0. The van der Waals surface area contributed by atoms with Crippen molar-refractivity contribution in [3.8, 4) is 0 Å². The molecule has 0 aliphatic carbocycles. The van der Waals surface area contributed by atoms with E-state index in [-0.39, 0.29) is 5.88 Å². The van der Waals surface area contributed by atoms with E-state index in [1.165, 1.54) is 5.56 Å². The van der Waals surface area contributed by atoms with Gasteiger partial charge in [-0.15, -0.1) is 11.6 Å². The molecule has 0 saturated carbocycles. The lowest BCUT2D eigenvalue weighted by atomic mass is 10.1. The molecule has 1 N–H and O–H groups in total. The van der Waals surface area contributed by atoms with Gasteiger partial charge in [0.1, 0.15) is 0 Å². The van der Waals surface area contributed by atoms with Crippen LogP contribution < -0.4 is 0 Å². The summed E-state index contributed by atoms with van der Waals surface area (Å²) in [6.45, 7) is 2.10. The van der Waals surface area contributed by atoms with Crippen LogP contribution in [0.3, 0.4) is 0 Å². The molecular weight excluding hydrogens is 172 g/mol. The van der Waals surface area contributed by atoms with E-state index in [0.717, 1.165) is 12.0 Å². The molecule has 1 aromatic carbocycles. The first kappa shape index (κ1) is 9.56. The number of aryl methyl sites for hydroxylation is 1. The second-order valence-electron chi connectivity index (χ2n) is 2.77. The minimum Gasteiger partial charge on any atom is -0.387 e. The van der Waals surface area contributed by atoms with Gasteiger partial charge in [0.2, 0.25) is 0 Å². The smallest absolute Gasteiger partial charge is 0.0925 e. The average molecular weight is 185 g/mol. The highest BCUT2D eigenvalue weighted by Gasteiger charge is 2.03. The number of halogens is 1. The van der Waals surface area contributed by atoms with Crippen molar-refractivity contribution in [1.82, 2.24) is 0 Å². The molecule has 0 heterocycles. The molecule has 1 aromatic rings. The monoisotopic (exact) mass is 184 g/mol. The van der Waals surface area contributed by atoms with Crippen LogP contribution in [0.4, 0.5) is 0 Å². The highest BCUT2D eigenvalue weighted by molar-refractivity contribution is 6.18. The Morgan fingerprint density at radius 1 is 1.33 bits per heavy atom. The molecule has 1 atom stereocenters. The third kappa shape index (κ3) is 2.23. The number of alkyl halides is 1. The second-order valence-corrected chi connectivity index (χ2v) is 3.07. The first-order valence-electron chi connectivity index (χ1n) is 4.10. The van der Waals surface area contributed by atoms with Crippen LogP contribution in [-0.4, -0.2) is 11.0 Å². The Bertz CT molecular complexity index is 230. The summed E-state index contributed by atoms with van der Waals surface area (Å²) in [5, 5.41) is 9.36. The predicted octanol–water partition coefficient (Wildman–Crippen LogP) is 2.52. The zero-order chi connectivity index (χ0) is 8.97. The molecule has 0 aromatic heterocycles. The summed E-state index contributed by atoms with van der Waals surface area (Å²) in [6.07, 6.45) is 0.495. The fourth-order valence-electron chi connectivity index (χ4n) is 1.06. The Morgan fingerprint density at radius 2 is 1.92 bits per heavy atom. The molecule has 2 heteroatoms. The average Bonchev–Trinajstić information content (AvgIpc) is 2.17. The van der Waals surface area contributed by atoms with E-state index in [1.54, 1.807) is 0 Å². The Hall–Kier alpha value is -0.530. The molecule has 66 valence electrons. The van der Waals surface area contributed by atoms with Gasteiger partial charge in [0.15, 0.2) is 0 Å². The number of hydrogen-bond acceptors (Lipinski definition) is 1. The van der Waals surface area contributed by atoms with Crippen LogP contribution in [-0.2, 0) is 6.42 Å². The van der Waals surface area contributed by atoms with Gasteiger partial charge < -0.3 is 5.11 Å². The minimum atomic E-state index is -0.530. The summed E-state index contributed by atoms with van der Waals surface area (Å²) >= 11 is 5.51. The van der Waals surface area contributed by atoms with Crippen LogP contribution in [0.1, 0.15) is 24.2 Å². The molecule has 0 aliphatic heterocycles. The fourth-order valence-corrected chi connectivity index (χ4v) is 1.24. The number of aliphatic hydroxyl groups is 1. The van der Waals surface area contributed by atoms with Crippen LogP contribution in [0.2, 0.25) is 0 Å². The first-order valence-corrected chi connectivity index (χ1v) is 4.64. The van der Waals surface area contributed by atoms with E-state index >= 15 is 0 Å². The van der Waals surface area contributed by atoms with Gasteiger partial charge in [-0.1, -0.05) is 31.2 Å². The molecule has 0 fully saturated rings. The van der Waals surface area contributed by atoms with Gasteiger partial charge in [-0.05, 0) is 17.5 Å². The van der Waals surface area contributed by atoms with Crippen molar-refractivity contribution in [2.45, 2.75) is 19.4 Å². The van der Waals surface area contributed by atoms with E-state index < -0.39 is 6.10 Å². The molecule has 0 amide bonds. The molecule has 0 radical (unpaired) electrons. The first-order chi connectivity index (χ1) is 5.77. The van der Waals surface area contributed by atoms with E-state index in [4.69, 9.17) is 11.6 Å². The maximum Gasteiger partial charge on any atom is 0.0925 e. The van der Waals surface area contributed by atoms with Crippen molar-refractivity contribution < 1.29 is 5.11 Å². The van der Waals surface area contributed by atoms with Gasteiger partial charge in [-0.3, -0.25) is 0 Å². The Labute approximate surface area is 78.0 Å². The molecule has 12 heavy (non-hydrogen) atoms. The summed E-state index contributed by atoms with van der Waals surface area (Å²) in [7, 11) is 0. The third-order valence-corrected chi connectivity index (χ3v) is 2.21. The van der Waals surface area contributed by atoms with Gasteiger partial charge in [0.05, 0.1) is 12.0 Å². The van der Waals surface area contributed by atoms with Crippen molar-refractivity contribution in [2.75, 3.05) is 5.88 Å². The predicted molar refractivity (Wildman–Crippen MR) is 51.5 cm³/mol. The van der Waals surface area contributed by atoms with Crippen LogP contribution in [0.25, 0.3) is 0 Å². The summed E-state index contributed by atoms with van der Waals surface area (Å²) in [6, 6.07) is 7.88. The second kappa shape index (κ2) is 4.48. The topological polar surface area (TPSA) is 20.2 Å². The number of benzene rings is 1. The number of aliphatic hydroxyl groups excluding tert-OH is 1. The van der Waals surface area contributed by atoms with Crippen LogP contribution in [0.5, 0.6) is 0 Å². The Kier molecular flexibility index (Phi) is 3.57. The lowest BCUT2D eigenvalue weighted by molar-refractivity contribution is 0.202. The van der Waals surface area contributed by atoms with Crippen molar-refractivity contribution >= 4 is 11.6 Å². The highest BCUT2D eigenvalue weighted by atomic mass is 35.5. The maximum absolute atomic E-state index is 9.36. The largest absolute Gasteiger partial charge is 0.387 e. The lowest BCUT2D eigenvalue weighted by Gasteiger charge is -2.06. The quantitative estimate of drug-likeness (QED) is 0.716. The van der Waals surface area contributed by atoms with Crippen LogP contribution in [0.15, 0.2) is 24.3 Å². The summed E-state index contributed by atoms with van der Waals surface area (Å²) in [5.74, 6) is 0.255. The van der Waals surface area contributed by atoms with Crippen LogP contribution in [0, 0.1) is 0 Å². The van der Waals surface area contributed by atoms with E-state index in [2.05, 4.69) is 6.92 Å². The number of rotatable bonds is 3. The molecule has 0 unspecified atom stereocenters. The lowest BCUT2D eigenvalue weighted by Crippen LogP contribution is -1.98. The van der Waals surface area contributed by atoms with E-state index in [0.29, 0.717) is 0 Å². The van der Waals surface area contributed by atoms with Crippen LogP contribution >= 0.6 is 11.6 Å².